The molecule has 6 rings (SSSR count). The van der Waals surface area contributed by atoms with Crippen LogP contribution in [0.5, 0.6) is 0 Å². The van der Waals surface area contributed by atoms with Gasteiger partial charge in [-0.25, -0.2) is 0 Å². The number of allylic oxidation sites excluding steroid dienone is 1. The summed E-state index contributed by atoms with van der Waals surface area (Å²) in [4.78, 5) is 14.2. The fraction of sp³-hybridized carbons (Fsp3) is 0.207. The molecular formula is C29H26N2O. The fourth-order valence-corrected chi connectivity index (χ4v) is 5.66. The largest absolute Gasteiger partial charge is 0.342 e. The highest BCUT2D eigenvalue weighted by Gasteiger charge is 2.45. The van der Waals surface area contributed by atoms with E-state index in [0.717, 1.165) is 54.5 Å². The first-order valence-electron chi connectivity index (χ1n) is 11.5. The van der Waals surface area contributed by atoms with Gasteiger partial charge in [-0.05, 0) is 54.8 Å². The zero-order valence-corrected chi connectivity index (χ0v) is 18.1. The van der Waals surface area contributed by atoms with E-state index in [9.17, 15) is 4.79 Å². The molecule has 0 unspecified atom stereocenters. The second-order valence-corrected chi connectivity index (χ2v) is 8.98. The van der Waals surface area contributed by atoms with Crippen molar-refractivity contribution in [3.05, 3.63) is 113 Å². The van der Waals surface area contributed by atoms with E-state index >= 15 is 0 Å². The summed E-state index contributed by atoms with van der Waals surface area (Å²) >= 11 is 0. The van der Waals surface area contributed by atoms with E-state index < -0.39 is 0 Å². The van der Waals surface area contributed by atoms with Crippen molar-refractivity contribution in [2.24, 2.45) is 0 Å². The average Bonchev–Trinajstić information content (AvgIpc) is 3.36. The number of hydrogen-bond donors (Lipinski definition) is 1. The van der Waals surface area contributed by atoms with Gasteiger partial charge in [0, 0.05) is 40.2 Å². The molecule has 1 aromatic heterocycles. The summed E-state index contributed by atoms with van der Waals surface area (Å²) in [6, 6.07) is 27.3. The molecule has 4 aromatic rings. The fourth-order valence-electron chi connectivity index (χ4n) is 5.66. The van der Waals surface area contributed by atoms with E-state index in [2.05, 4.69) is 88.9 Å². The van der Waals surface area contributed by atoms with Gasteiger partial charge >= 0.3 is 0 Å². The van der Waals surface area contributed by atoms with Crippen molar-refractivity contribution in [2.75, 3.05) is 13.1 Å². The molecule has 1 N–H and O–H groups in total. The number of fused-ring (bicyclic) bond motifs is 3. The lowest BCUT2D eigenvalue weighted by molar-refractivity contribution is 0.101. The van der Waals surface area contributed by atoms with Crippen LogP contribution >= 0.6 is 0 Å². The number of aromatic nitrogens is 1. The first-order valence-corrected chi connectivity index (χ1v) is 11.5. The van der Waals surface area contributed by atoms with Crippen LogP contribution in [-0.4, -0.2) is 23.4 Å². The van der Waals surface area contributed by atoms with Crippen molar-refractivity contribution in [3.63, 3.8) is 0 Å². The number of hydrogen-bond acceptors (Lipinski definition) is 2. The molecule has 0 bridgehead atoms. The summed E-state index contributed by atoms with van der Waals surface area (Å²) in [5.41, 5.74) is 6.45. The quantitative estimate of drug-likeness (QED) is 0.438. The molecule has 3 aromatic carbocycles. The van der Waals surface area contributed by atoms with Crippen molar-refractivity contribution >= 4 is 22.8 Å². The molecule has 32 heavy (non-hydrogen) atoms. The Kier molecular flexibility index (Phi) is 4.58. The monoisotopic (exact) mass is 418 g/mol. The van der Waals surface area contributed by atoms with Crippen LogP contribution in [0.4, 0.5) is 0 Å². The molecule has 1 aliphatic carbocycles. The van der Waals surface area contributed by atoms with Crippen LogP contribution < -0.4 is 5.32 Å². The van der Waals surface area contributed by atoms with Crippen LogP contribution in [-0.2, 0) is 12.0 Å². The molecule has 1 fully saturated rings. The predicted octanol–water partition coefficient (Wildman–Crippen LogP) is 5.59. The second kappa shape index (κ2) is 7.61. The maximum atomic E-state index is 14.2. The Hall–Kier alpha value is -3.43. The molecule has 2 aliphatic rings. The molecule has 1 saturated heterocycles. The summed E-state index contributed by atoms with van der Waals surface area (Å²) in [6.07, 6.45) is 6.15. The highest BCUT2D eigenvalue weighted by molar-refractivity contribution is 6.20. The van der Waals surface area contributed by atoms with Gasteiger partial charge in [0.2, 0.25) is 0 Å². The lowest BCUT2D eigenvalue weighted by Gasteiger charge is -2.37. The Bertz CT molecular complexity index is 1340. The minimum Gasteiger partial charge on any atom is -0.342 e. The average molecular weight is 419 g/mol. The molecule has 3 heteroatoms. The zero-order valence-electron chi connectivity index (χ0n) is 18.1. The van der Waals surface area contributed by atoms with Crippen LogP contribution in [0.1, 0.15) is 39.9 Å². The van der Waals surface area contributed by atoms with Gasteiger partial charge in [-0.2, -0.15) is 0 Å². The number of carbonyl (C=O) groups excluding carboxylic acids is 1. The van der Waals surface area contributed by atoms with Crippen molar-refractivity contribution in [1.29, 1.82) is 0 Å². The van der Waals surface area contributed by atoms with Gasteiger partial charge in [-0.3, -0.25) is 4.79 Å². The van der Waals surface area contributed by atoms with Gasteiger partial charge in [-0.15, -0.1) is 0 Å². The molecule has 1 aliphatic heterocycles. The molecular weight excluding hydrogens is 392 g/mol. The summed E-state index contributed by atoms with van der Waals surface area (Å²) in [5, 5.41) is 4.52. The Morgan fingerprint density at radius 2 is 1.59 bits per heavy atom. The smallest absolute Gasteiger partial charge is 0.192 e. The highest BCUT2D eigenvalue weighted by Crippen LogP contribution is 2.49. The number of benzene rings is 3. The number of Topliss-reactive ketones (excluding diaryl/α,β-unsaturated/α-hetero) is 1. The topological polar surface area (TPSA) is 34.0 Å². The van der Waals surface area contributed by atoms with Crippen molar-refractivity contribution < 1.29 is 4.79 Å². The van der Waals surface area contributed by atoms with Crippen LogP contribution in [0.25, 0.3) is 17.0 Å². The SMILES string of the molecule is O=C(C1=Cc2ccccc2C12CCNCC2)c1cn(Cc2ccccc2)c2ccccc12. The van der Waals surface area contributed by atoms with Gasteiger partial charge in [0.05, 0.1) is 0 Å². The van der Waals surface area contributed by atoms with E-state index in [0.29, 0.717) is 0 Å². The minimum atomic E-state index is -0.179. The van der Waals surface area contributed by atoms with Gasteiger partial charge in [0.15, 0.2) is 5.78 Å². The molecule has 0 atom stereocenters. The Labute approximate surface area is 188 Å². The zero-order chi connectivity index (χ0) is 21.5. The van der Waals surface area contributed by atoms with Crippen molar-refractivity contribution in [3.8, 4) is 0 Å². The van der Waals surface area contributed by atoms with E-state index in [4.69, 9.17) is 0 Å². The maximum absolute atomic E-state index is 14.2. The number of rotatable bonds is 4. The van der Waals surface area contributed by atoms with Gasteiger partial charge < -0.3 is 9.88 Å². The third kappa shape index (κ3) is 2.96. The van der Waals surface area contributed by atoms with Gasteiger partial charge in [-0.1, -0.05) is 72.8 Å². The third-order valence-electron chi connectivity index (χ3n) is 7.22. The molecule has 158 valence electrons. The predicted molar refractivity (Wildman–Crippen MR) is 130 cm³/mol. The minimum absolute atomic E-state index is 0.172. The summed E-state index contributed by atoms with van der Waals surface area (Å²) < 4.78 is 2.22. The first-order chi connectivity index (χ1) is 15.8. The van der Waals surface area contributed by atoms with Crippen LogP contribution in [0.2, 0.25) is 0 Å². The van der Waals surface area contributed by atoms with Gasteiger partial charge in [0.1, 0.15) is 0 Å². The molecule has 0 saturated carbocycles. The van der Waals surface area contributed by atoms with Crippen molar-refractivity contribution in [1.82, 2.24) is 9.88 Å². The van der Waals surface area contributed by atoms with E-state index in [-0.39, 0.29) is 11.2 Å². The first kappa shape index (κ1) is 19.3. The second-order valence-electron chi connectivity index (χ2n) is 8.98. The maximum Gasteiger partial charge on any atom is 0.192 e. The highest BCUT2D eigenvalue weighted by atomic mass is 16.1. The number of carbonyl (C=O) groups is 1. The Balaban J connectivity index is 1.46. The normalized spacial score (nSPS) is 16.8. The number of piperidine rings is 1. The number of para-hydroxylation sites is 1. The number of nitrogens with zero attached hydrogens (tertiary/aromatic N) is 1. The molecule has 3 nitrogen and oxygen atoms in total. The molecule has 2 heterocycles. The van der Waals surface area contributed by atoms with Crippen LogP contribution in [0, 0.1) is 0 Å². The molecule has 1 spiro atoms. The van der Waals surface area contributed by atoms with Crippen LogP contribution in [0.3, 0.4) is 0 Å². The van der Waals surface area contributed by atoms with E-state index in [1.165, 1.54) is 16.7 Å². The van der Waals surface area contributed by atoms with Crippen molar-refractivity contribution in [2.45, 2.75) is 24.8 Å². The lowest BCUT2D eigenvalue weighted by atomic mass is 9.69. The summed E-state index contributed by atoms with van der Waals surface area (Å²) in [6.45, 7) is 2.63. The standard InChI is InChI=1S/C29H26N2O/c32-28(26-18-22-10-4-6-12-25(22)29(26)14-16-30-17-15-29)24-20-31(19-21-8-2-1-3-9-21)27-13-7-5-11-23(24)27/h1-13,18,20,30H,14-17,19H2. The molecule has 0 amide bonds. The van der Waals surface area contributed by atoms with Crippen LogP contribution in [0.15, 0.2) is 90.6 Å². The third-order valence-corrected chi connectivity index (χ3v) is 7.22. The number of ketones is 1. The summed E-state index contributed by atoms with van der Waals surface area (Å²) in [7, 11) is 0. The molecule has 0 radical (unpaired) electrons. The van der Waals surface area contributed by atoms with Gasteiger partial charge in [0.25, 0.3) is 0 Å². The summed E-state index contributed by atoms with van der Waals surface area (Å²) in [5.74, 6) is 0.172. The van der Waals surface area contributed by atoms with E-state index in [1.54, 1.807) is 0 Å². The Morgan fingerprint density at radius 1 is 0.875 bits per heavy atom. The number of nitrogens with one attached hydrogen (secondary N) is 1. The van der Waals surface area contributed by atoms with E-state index in [1.807, 2.05) is 12.1 Å². The Morgan fingerprint density at radius 3 is 2.44 bits per heavy atom. The lowest BCUT2D eigenvalue weighted by Crippen LogP contribution is -2.41.